The Morgan fingerprint density at radius 2 is 1.62 bits per heavy atom. The van der Waals surface area contributed by atoms with Crippen molar-refractivity contribution in [1.29, 1.82) is 0 Å². The number of nitrogens with zero attached hydrogens (tertiary/aromatic N) is 2. The Morgan fingerprint density at radius 1 is 1.04 bits per heavy atom. The number of hydrogen-bond acceptors (Lipinski definition) is 4. The lowest BCUT2D eigenvalue weighted by molar-refractivity contribution is -0.127. The van der Waals surface area contributed by atoms with Crippen LogP contribution in [0.5, 0.6) is 0 Å². The summed E-state index contributed by atoms with van der Waals surface area (Å²) in [5.74, 6) is 0.464. The molecule has 0 bridgehead atoms. The zero-order valence-corrected chi connectivity index (χ0v) is 17.7. The van der Waals surface area contributed by atoms with E-state index in [2.05, 4.69) is 20.9 Å². The Hall–Kier alpha value is -1.99. The van der Waals surface area contributed by atoms with Gasteiger partial charge in [0.1, 0.15) is 12.1 Å². The number of hydrogen-bond donors (Lipinski definition) is 3. The zero-order valence-electron chi connectivity index (χ0n) is 17.7. The lowest BCUT2D eigenvalue weighted by Crippen LogP contribution is -2.57. The molecule has 152 valence electrons. The fraction of sp³-hybridized carbons (Fsp3) is 0.833. The predicted molar refractivity (Wildman–Crippen MR) is 105 cm³/mol. The van der Waals surface area contributed by atoms with E-state index in [9.17, 15) is 9.59 Å². The van der Waals surface area contributed by atoms with Gasteiger partial charge in [0.05, 0.1) is 5.54 Å². The number of guanidine groups is 1. The predicted octanol–water partition coefficient (Wildman–Crippen LogP) is 1.71. The van der Waals surface area contributed by atoms with Crippen molar-refractivity contribution < 1.29 is 14.3 Å². The topological polar surface area (TPSA) is 95.1 Å². The van der Waals surface area contributed by atoms with E-state index in [1.165, 1.54) is 4.90 Å². The molecule has 0 aliphatic heterocycles. The Bertz CT molecular complexity index is 480. The minimum atomic E-state index is -0.548. The molecule has 0 rings (SSSR count). The van der Waals surface area contributed by atoms with Crippen LogP contribution in [0.25, 0.3) is 0 Å². The van der Waals surface area contributed by atoms with Gasteiger partial charge in [0, 0.05) is 27.2 Å². The summed E-state index contributed by atoms with van der Waals surface area (Å²) in [7, 11) is 3.39. The smallest absolute Gasteiger partial charge is 0.408 e. The number of amides is 2. The molecule has 8 heteroatoms. The minimum Gasteiger partial charge on any atom is -0.444 e. The molecule has 0 aromatic carbocycles. The van der Waals surface area contributed by atoms with Crippen molar-refractivity contribution in [3.8, 4) is 0 Å². The van der Waals surface area contributed by atoms with Gasteiger partial charge in [0.15, 0.2) is 5.96 Å². The molecule has 8 nitrogen and oxygen atoms in total. The number of aliphatic imine (C=N–C) groups is 1. The van der Waals surface area contributed by atoms with Gasteiger partial charge in [-0.2, -0.15) is 0 Å². The fourth-order valence-electron chi connectivity index (χ4n) is 2.12. The second kappa shape index (κ2) is 10.9. The Kier molecular flexibility index (Phi) is 10.0. The quantitative estimate of drug-likeness (QED) is 0.446. The van der Waals surface area contributed by atoms with Gasteiger partial charge in [-0.05, 0) is 40.5 Å². The van der Waals surface area contributed by atoms with Gasteiger partial charge >= 0.3 is 6.09 Å². The molecule has 0 spiro atoms. The van der Waals surface area contributed by atoms with Gasteiger partial charge in [-0.25, -0.2) is 9.79 Å². The summed E-state index contributed by atoms with van der Waals surface area (Å²) in [5, 5.41) is 9.32. The van der Waals surface area contributed by atoms with E-state index in [-0.39, 0.29) is 12.5 Å². The summed E-state index contributed by atoms with van der Waals surface area (Å²) in [6.45, 7) is 12.7. The molecule has 0 aromatic heterocycles. The summed E-state index contributed by atoms with van der Waals surface area (Å²) in [5.41, 5.74) is -1.02. The molecule has 2 amide bonds. The monoisotopic (exact) mass is 371 g/mol. The minimum absolute atomic E-state index is 0.0626. The van der Waals surface area contributed by atoms with Crippen LogP contribution in [0.4, 0.5) is 4.79 Å². The van der Waals surface area contributed by atoms with Crippen molar-refractivity contribution in [2.75, 3.05) is 33.7 Å². The van der Waals surface area contributed by atoms with Crippen LogP contribution in [0.15, 0.2) is 4.99 Å². The van der Waals surface area contributed by atoms with Crippen molar-refractivity contribution in [3.05, 3.63) is 0 Å². The van der Waals surface area contributed by atoms with Crippen molar-refractivity contribution in [2.24, 2.45) is 4.99 Å². The van der Waals surface area contributed by atoms with E-state index < -0.39 is 17.2 Å². The lowest BCUT2D eigenvalue weighted by Gasteiger charge is -2.34. The van der Waals surface area contributed by atoms with Gasteiger partial charge in [0.2, 0.25) is 5.91 Å². The SMILES string of the molecule is CCNC(=NCC(=O)N(C)C)NCC(CC)(CC)NC(=O)OC(C)(C)C. The number of likely N-dealkylation sites (N-methyl/N-ethyl adjacent to an activating group) is 1. The van der Waals surface area contributed by atoms with Crippen LogP contribution in [0.3, 0.4) is 0 Å². The third kappa shape index (κ3) is 9.48. The maximum Gasteiger partial charge on any atom is 0.408 e. The van der Waals surface area contributed by atoms with Gasteiger partial charge in [-0.15, -0.1) is 0 Å². The third-order valence-corrected chi connectivity index (χ3v) is 3.93. The lowest BCUT2D eigenvalue weighted by atomic mass is 9.93. The van der Waals surface area contributed by atoms with Crippen LogP contribution in [0, 0.1) is 0 Å². The highest BCUT2D eigenvalue weighted by molar-refractivity contribution is 5.84. The molecule has 3 N–H and O–H groups in total. The van der Waals surface area contributed by atoms with Crippen molar-refractivity contribution in [1.82, 2.24) is 20.9 Å². The molecule has 0 saturated carbocycles. The van der Waals surface area contributed by atoms with Gasteiger partial charge in [-0.3, -0.25) is 4.79 Å². The molecule has 0 heterocycles. The third-order valence-electron chi connectivity index (χ3n) is 3.93. The normalized spacial score (nSPS) is 12.4. The second-order valence-corrected chi connectivity index (χ2v) is 7.45. The average Bonchev–Trinajstić information content (AvgIpc) is 2.53. The number of nitrogens with one attached hydrogen (secondary N) is 3. The van der Waals surface area contributed by atoms with Crippen LogP contribution >= 0.6 is 0 Å². The molecule has 0 aliphatic rings. The highest BCUT2D eigenvalue weighted by atomic mass is 16.6. The number of ether oxygens (including phenoxy) is 1. The van der Waals surface area contributed by atoms with Gasteiger partial charge in [0.25, 0.3) is 0 Å². The summed E-state index contributed by atoms with van der Waals surface area (Å²) in [4.78, 5) is 29.7. The molecular weight excluding hydrogens is 334 g/mol. The first-order valence-electron chi connectivity index (χ1n) is 9.22. The maximum absolute atomic E-state index is 12.2. The molecule has 0 unspecified atom stereocenters. The van der Waals surface area contributed by atoms with E-state index in [4.69, 9.17) is 4.74 Å². The number of carbonyl (C=O) groups is 2. The van der Waals surface area contributed by atoms with Crippen molar-refractivity contribution in [2.45, 2.75) is 65.5 Å². The zero-order chi connectivity index (χ0) is 20.4. The first-order chi connectivity index (χ1) is 12.0. The fourth-order valence-corrected chi connectivity index (χ4v) is 2.12. The van der Waals surface area contributed by atoms with E-state index in [0.717, 1.165) is 12.8 Å². The highest BCUT2D eigenvalue weighted by Crippen LogP contribution is 2.16. The standard InChI is InChI=1S/C18H37N5O3/c1-9-18(10-2,22-16(25)26-17(4,5)6)13-21-15(19-11-3)20-12-14(24)23(7)8/h9-13H2,1-8H3,(H,22,25)(H2,19,20,21). The molecule has 0 saturated heterocycles. The maximum atomic E-state index is 12.2. The van der Waals surface area contributed by atoms with Crippen LogP contribution in [-0.4, -0.2) is 67.7 Å². The molecular formula is C18H37N5O3. The van der Waals surface area contributed by atoms with Crippen LogP contribution in [0.2, 0.25) is 0 Å². The van der Waals surface area contributed by atoms with Crippen LogP contribution < -0.4 is 16.0 Å². The first-order valence-corrected chi connectivity index (χ1v) is 9.22. The van der Waals surface area contributed by atoms with Crippen molar-refractivity contribution >= 4 is 18.0 Å². The number of carbonyl (C=O) groups excluding carboxylic acids is 2. The van der Waals surface area contributed by atoms with Crippen molar-refractivity contribution in [3.63, 3.8) is 0 Å². The first kappa shape index (κ1) is 24.0. The number of alkyl carbamates (subject to hydrolysis) is 1. The van der Waals surface area contributed by atoms with Gasteiger partial charge in [-0.1, -0.05) is 13.8 Å². The van der Waals surface area contributed by atoms with Gasteiger partial charge < -0.3 is 25.6 Å². The average molecular weight is 372 g/mol. The summed E-state index contributed by atoms with van der Waals surface area (Å²) in [6, 6.07) is 0. The summed E-state index contributed by atoms with van der Waals surface area (Å²) in [6.07, 6.45) is 1.02. The molecule has 0 aromatic rings. The second-order valence-electron chi connectivity index (χ2n) is 7.45. The summed E-state index contributed by atoms with van der Waals surface area (Å²) < 4.78 is 5.38. The van der Waals surface area contributed by atoms with E-state index in [1.807, 2.05) is 41.5 Å². The summed E-state index contributed by atoms with van der Waals surface area (Å²) >= 11 is 0. The highest BCUT2D eigenvalue weighted by Gasteiger charge is 2.30. The van der Waals surface area contributed by atoms with E-state index >= 15 is 0 Å². The Labute approximate surface area is 158 Å². The van der Waals surface area contributed by atoms with Crippen LogP contribution in [0.1, 0.15) is 54.4 Å². The van der Waals surface area contributed by atoms with E-state index in [0.29, 0.717) is 19.0 Å². The molecule has 0 aliphatic carbocycles. The largest absolute Gasteiger partial charge is 0.444 e. The molecule has 0 radical (unpaired) electrons. The molecule has 0 atom stereocenters. The Morgan fingerprint density at radius 3 is 2.04 bits per heavy atom. The van der Waals surface area contributed by atoms with E-state index in [1.54, 1.807) is 14.1 Å². The Balaban J connectivity index is 5.01. The molecule has 0 fully saturated rings. The molecule has 26 heavy (non-hydrogen) atoms. The number of rotatable bonds is 8. The van der Waals surface area contributed by atoms with Crippen LogP contribution in [-0.2, 0) is 9.53 Å².